The lowest BCUT2D eigenvalue weighted by Crippen LogP contribution is -2.38. The van der Waals surface area contributed by atoms with Gasteiger partial charge < -0.3 is 9.80 Å². The number of rotatable bonds is 7. The van der Waals surface area contributed by atoms with Gasteiger partial charge in [-0.25, -0.2) is 0 Å². The minimum Gasteiger partial charge on any atom is -0.342 e. The van der Waals surface area contributed by atoms with Crippen molar-refractivity contribution in [2.75, 3.05) is 32.7 Å². The first-order chi connectivity index (χ1) is 6.69. The van der Waals surface area contributed by atoms with Gasteiger partial charge in [-0.3, -0.25) is 4.79 Å². The van der Waals surface area contributed by atoms with Crippen molar-refractivity contribution in [3.05, 3.63) is 0 Å². The molecule has 0 fully saturated rings. The molecule has 0 rings (SSSR count). The zero-order valence-electron chi connectivity index (χ0n) is 10.0. The Morgan fingerprint density at radius 1 is 0.929 bits per heavy atom. The molecule has 14 heavy (non-hydrogen) atoms. The summed E-state index contributed by atoms with van der Waals surface area (Å²) in [4.78, 5) is 15.7. The molecule has 0 saturated carbocycles. The Morgan fingerprint density at radius 3 is 1.86 bits per heavy atom. The van der Waals surface area contributed by atoms with Crippen molar-refractivity contribution in [2.45, 2.75) is 34.1 Å². The van der Waals surface area contributed by atoms with Gasteiger partial charge in [0.1, 0.15) is 0 Å². The van der Waals surface area contributed by atoms with Crippen molar-refractivity contribution in [3.8, 4) is 0 Å². The molecule has 0 aromatic carbocycles. The second-order valence-electron chi connectivity index (χ2n) is 3.35. The largest absolute Gasteiger partial charge is 0.342 e. The van der Waals surface area contributed by atoms with Crippen LogP contribution in [0, 0.1) is 0 Å². The number of nitrogens with zero attached hydrogens (tertiary/aromatic N) is 2. The number of hydrogen-bond acceptors (Lipinski definition) is 2. The first kappa shape index (κ1) is 13.4. The molecule has 0 heterocycles. The minimum atomic E-state index is 0.264. The van der Waals surface area contributed by atoms with E-state index in [-0.39, 0.29) is 5.91 Å². The topological polar surface area (TPSA) is 23.6 Å². The van der Waals surface area contributed by atoms with Gasteiger partial charge in [0.05, 0.1) is 0 Å². The Kier molecular flexibility index (Phi) is 7.48. The van der Waals surface area contributed by atoms with E-state index in [1.54, 1.807) is 0 Å². The highest BCUT2D eigenvalue weighted by molar-refractivity contribution is 5.75. The third-order valence-electron chi connectivity index (χ3n) is 2.62. The number of amides is 1. The maximum Gasteiger partial charge on any atom is 0.222 e. The summed E-state index contributed by atoms with van der Waals surface area (Å²) < 4.78 is 0. The Hall–Kier alpha value is -0.570. The molecule has 0 unspecified atom stereocenters. The average Bonchev–Trinajstić information content (AvgIpc) is 2.24. The molecule has 0 aromatic heterocycles. The highest BCUT2D eigenvalue weighted by Crippen LogP contribution is 1.95. The molecule has 0 N–H and O–H groups in total. The van der Waals surface area contributed by atoms with E-state index in [1.807, 2.05) is 18.7 Å². The summed E-state index contributed by atoms with van der Waals surface area (Å²) in [6.45, 7) is 13.1. The Bertz CT molecular complexity index is 155. The van der Waals surface area contributed by atoms with Gasteiger partial charge in [0.25, 0.3) is 0 Å². The first-order valence-corrected chi connectivity index (χ1v) is 5.69. The Labute approximate surface area is 88.1 Å². The van der Waals surface area contributed by atoms with Crippen LogP contribution >= 0.6 is 0 Å². The summed E-state index contributed by atoms with van der Waals surface area (Å²) in [7, 11) is 0. The van der Waals surface area contributed by atoms with Gasteiger partial charge in [0.2, 0.25) is 5.91 Å². The maximum atomic E-state index is 11.4. The lowest BCUT2D eigenvalue weighted by molar-refractivity contribution is -0.130. The van der Waals surface area contributed by atoms with E-state index in [2.05, 4.69) is 18.7 Å². The summed E-state index contributed by atoms with van der Waals surface area (Å²) in [6, 6.07) is 0. The van der Waals surface area contributed by atoms with Gasteiger partial charge in [0, 0.05) is 26.1 Å². The van der Waals surface area contributed by atoms with Crippen molar-refractivity contribution in [2.24, 2.45) is 0 Å². The van der Waals surface area contributed by atoms with Crippen LogP contribution in [0.2, 0.25) is 0 Å². The molecule has 3 heteroatoms. The fourth-order valence-electron chi connectivity index (χ4n) is 1.48. The van der Waals surface area contributed by atoms with Gasteiger partial charge in [-0.15, -0.1) is 0 Å². The third kappa shape index (κ3) is 4.61. The molecule has 0 aliphatic rings. The highest BCUT2D eigenvalue weighted by Gasteiger charge is 2.09. The third-order valence-corrected chi connectivity index (χ3v) is 2.62. The first-order valence-electron chi connectivity index (χ1n) is 5.69. The summed E-state index contributed by atoms with van der Waals surface area (Å²) in [5, 5.41) is 0. The monoisotopic (exact) mass is 200 g/mol. The SMILES string of the molecule is CCC(=O)N(CC)CCN(CC)CC. The van der Waals surface area contributed by atoms with E-state index in [0.717, 1.165) is 32.7 Å². The van der Waals surface area contributed by atoms with Crippen molar-refractivity contribution >= 4 is 5.91 Å². The molecule has 0 saturated heterocycles. The van der Waals surface area contributed by atoms with Gasteiger partial charge in [-0.2, -0.15) is 0 Å². The molecule has 0 aromatic rings. The van der Waals surface area contributed by atoms with E-state index in [1.165, 1.54) is 0 Å². The molecule has 0 aliphatic heterocycles. The number of hydrogen-bond donors (Lipinski definition) is 0. The standard InChI is InChI=1S/C11H24N2O/c1-5-11(14)13(8-4)10-9-12(6-2)7-3/h5-10H2,1-4H3. The molecule has 0 bridgehead atoms. The summed E-state index contributed by atoms with van der Waals surface area (Å²) in [6.07, 6.45) is 0.617. The van der Waals surface area contributed by atoms with Crippen LogP contribution in [0.15, 0.2) is 0 Å². The molecular formula is C11H24N2O. The van der Waals surface area contributed by atoms with Gasteiger partial charge in [-0.05, 0) is 20.0 Å². The smallest absolute Gasteiger partial charge is 0.222 e. The highest BCUT2D eigenvalue weighted by atomic mass is 16.2. The van der Waals surface area contributed by atoms with Crippen LogP contribution in [-0.4, -0.2) is 48.4 Å². The molecule has 0 aliphatic carbocycles. The summed E-state index contributed by atoms with van der Waals surface area (Å²) >= 11 is 0. The lowest BCUT2D eigenvalue weighted by atomic mass is 10.3. The van der Waals surface area contributed by atoms with Crippen molar-refractivity contribution in [1.29, 1.82) is 0 Å². The van der Waals surface area contributed by atoms with Crippen molar-refractivity contribution in [1.82, 2.24) is 9.80 Å². The fraction of sp³-hybridized carbons (Fsp3) is 0.909. The normalized spacial score (nSPS) is 10.6. The molecule has 3 nitrogen and oxygen atoms in total. The zero-order valence-corrected chi connectivity index (χ0v) is 10.0. The predicted octanol–water partition coefficient (Wildman–Crippen LogP) is 1.59. The second kappa shape index (κ2) is 7.80. The van der Waals surface area contributed by atoms with E-state index in [0.29, 0.717) is 6.42 Å². The fourth-order valence-corrected chi connectivity index (χ4v) is 1.48. The molecular weight excluding hydrogens is 176 g/mol. The van der Waals surface area contributed by atoms with E-state index in [9.17, 15) is 4.79 Å². The lowest BCUT2D eigenvalue weighted by Gasteiger charge is -2.25. The van der Waals surface area contributed by atoms with Gasteiger partial charge >= 0.3 is 0 Å². The predicted molar refractivity (Wildman–Crippen MR) is 60.3 cm³/mol. The number of carbonyl (C=O) groups excluding carboxylic acids is 1. The molecule has 0 radical (unpaired) electrons. The molecule has 0 spiro atoms. The van der Waals surface area contributed by atoms with Crippen LogP contribution in [0.25, 0.3) is 0 Å². The van der Waals surface area contributed by atoms with Crippen LogP contribution in [-0.2, 0) is 4.79 Å². The Morgan fingerprint density at radius 2 is 1.50 bits per heavy atom. The number of carbonyl (C=O) groups is 1. The van der Waals surface area contributed by atoms with Gasteiger partial charge in [0.15, 0.2) is 0 Å². The maximum absolute atomic E-state index is 11.4. The molecule has 1 amide bonds. The van der Waals surface area contributed by atoms with E-state index >= 15 is 0 Å². The minimum absolute atomic E-state index is 0.264. The quantitative estimate of drug-likeness (QED) is 0.623. The van der Waals surface area contributed by atoms with Crippen LogP contribution in [0.4, 0.5) is 0 Å². The molecule has 0 atom stereocenters. The van der Waals surface area contributed by atoms with E-state index in [4.69, 9.17) is 0 Å². The summed E-state index contributed by atoms with van der Waals surface area (Å²) in [5.74, 6) is 0.264. The van der Waals surface area contributed by atoms with Gasteiger partial charge in [-0.1, -0.05) is 20.8 Å². The van der Waals surface area contributed by atoms with Crippen LogP contribution in [0.1, 0.15) is 34.1 Å². The Balaban J connectivity index is 3.88. The second-order valence-corrected chi connectivity index (χ2v) is 3.35. The summed E-state index contributed by atoms with van der Waals surface area (Å²) in [5.41, 5.74) is 0. The van der Waals surface area contributed by atoms with Crippen LogP contribution in [0.5, 0.6) is 0 Å². The van der Waals surface area contributed by atoms with Crippen molar-refractivity contribution < 1.29 is 4.79 Å². The zero-order chi connectivity index (χ0) is 11.0. The molecule has 84 valence electrons. The van der Waals surface area contributed by atoms with Crippen molar-refractivity contribution in [3.63, 3.8) is 0 Å². The van der Waals surface area contributed by atoms with Crippen LogP contribution in [0.3, 0.4) is 0 Å². The van der Waals surface area contributed by atoms with Crippen LogP contribution < -0.4 is 0 Å². The average molecular weight is 200 g/mol. The van der Waals surface area contributed by atoms with E-state index < -0.39 is 0 Å². The number of likely N-dealkylation sites (N-methyl/N-ethyl adjacent to an activating group) is 2.